The number of hydrogen-bond donors (Lipinski definition) is 1. The number of nitrogens with one attached hydrogen (secondary N) is 1. The van der Waals surface area contributed by atoms with Crippen molar-refractivity contribution in [2.45, 2.75) is 25.9 Å². The predicted molar refractivity (Wildman–Crippen MR) is 112 cm³/mol. The first kappa shape index (κ1) is 18.0. The maximum absolute atomic E-state index is 6.28. The van der Waals surface area contributed by atoms with Crippen LogP contribution in [-0.2, 0) is 0 Å². The third-order valence-corrected chi connectivity index (χ3v) is 5.67. The summed E-state index contributed by atoms with van der Waals surface area (Å²) >= 11 is 11.8. The number of nitrogens with zero attached hydrogens (tertiary/aromatic N) is 2. The maximum Gasteiger partial charge on any atom is 0.170 e. The van der Waals surface area contributed by atoms with Gasteiger partial charge in [0.1, 0.15) is 17.6 Å². The third-order valence-electron chi connectivity index (χ3n) is 4.91. The summed E-state index contributed by atoms with van der Waals surface area (Å²) in [5.74, 6) is 1.65. The molecule has 3 heterocycles. The third kappa shape index (κ3) is 3.33. The number of benzene rings is 1. The minimum Gasteiger partial charge on any atom is -0.459 e. The molecular weight excluding hydrogens is 378 g/mol. The molecule has 1 saturated heterocycles. The summed E-state index contributed by atoms with van der Waals surface area (Å²) in [6, 6.07) is 15.8. The number of furan rings is 1. The van der Waals surface area contributed by atoms with Crippen LogP contribution in [0.5, 0.6) is 0 Å². The van der Waals surface area contributed by atoms with Crippen LogP contribution in [0.4, 0.5) is 0 Å². The van der Waals surface area contributed by atoms with Gasteiger partial charge < -0.3 is 14.6 Å². The van der Waals surface area contributed by atoms with Gasteiger partial charge >= 0.3 is 0 Å². The van der Waals surface area contributed by atoms with Gasteiger partial charge in [-0.3, -0.25) is 4.98 Å². The van der Waals surface area contributed by atoms with Crippen molar-refractivity contribution in [3.05, 3.63) is 76.8 Å². The van der Waals surface area contributed by atoms with Crippen LogP contribution in [-0.4, -0.2) is 21.5 Å². The van der Waals surface area contributed by atoms with Crippen LogP contribution in [0.2, 0.25) is 5.02 Å². The Morgan fingerprint density at radius 1 is 1.22 bits per heavy atom. The molecule has 6 heteroatoms. The fourth-order valence-corrected chi connectivity index (χ4v) is 4.02. The van der Waals surface area contributed by atoms with Gasteiger partial charge in [-0.25, -0.2) is 0 Å². The Bertz CT molecular complexity index is 973. The molecule has 4 rings (SSSR count). The molecule has 4 nitrogen and oxygen atoms in total. The average Bonchev–Trinajstić information content (AvgIpc) is 3.29. The van der Waals surface area contributed by atoms with E-state index < -0.39 is 0 Å². The monoisotopic (exact) mass is 397 g/mol. The highest BCUT2D eigenvalue weighted by molar-refractivity contribution is 7.80. The van der Waals surface area contributed by atoms with Crippen molar-refractivity contribution in [3.63, 3.8) is 0 Å². The molecule has 0 spiro atoms. The minimum absolute atomic E-state index is 0.0490. The van der Waals surface area contributed by atoms with Gasteiger partial charge in [-0.1, -0.05) is 29.8 Å². The van der Waals surface area contributed by atoms with E-state index in [9.17, 15) is 0 Å². The molecule has 0 bridgehead atoms. The molecule has 1 N–H and O–H groups in total. The number of rotatable bonds is 4. The Morgan fingerprint density at radius 2 is 2.07 bits per heavy atom. The van der Waals surface area contributed by atoms with E-state index in [1.165, 1.54) is 0 Å². The predicted octanol–water partition coefficient (Wildman–Crippen LogP) is 5.30. The van der Waals surface area contributed by atoms with Crippen molar-refractivity contribution in [3.8, 4) is 11.3 Å². The standard InChI is InChI=1S/C21H20ClN3OS/c1-3-25-20(19(24-21(25)27)16-6-4-5-11-23-16)18-10-9-17(26-18)14-8-7-13(2)15(22)12-14/h4-12,19-20H,3H2,1-2H3,(H,24,27)/t19-,20-/m1/s1. The Morgan fingerprint density at radius 3 is 2.78 bits per heavy atom. The molecular formula is C21H20ClN3OS. The number of likely N-dealkylation sites (N-methyl/N-ethyl adjacent to an activating group) is 1. The van der Waals surface area contributed by atoms with Crippen LogP contribution >= 0.6 is 23.8 Å². The van der Waals surface area contributed by atoms with E-state index >= 15 is 0 Å². The van der Waals surface area contributed by atoms with Gasteiger partial charge in [-0.05, 0) is 62.0 Å². The van der Waals surface area contributed by atoms with E-state index in [4.69, 9.17) is 28.2 Å². The van der Waals surface area contributed by atoms with Crippen molar-refractivity contribution < 1.29 is 4.42 Å². The summed E-state index contributed by atoms with van der Waals surface area (Å²) in [4.78, 5) is 6.66. The van der Waals surface area contributed by atoms with Gasteiger partial charge in [-0.2, -0.15) is 0 Å². The van der Waals surface area contributed by atoms with Crippen molar-refractivity contribution in [1.82, 2.24) is 15.2 Å². The lowest BCUT2D eigenvalue weighted by atomic mass is 10.0. The number of pyridine rings is 1. The van der Waals surface area contributed by atoms with E-state index in [0.717, 1.165) is 45.0 Å². The van der Waals surface area contributed by atoms with Gasteiger partial charge in [0.15, 0.2) is 5.11 Å². The summed E-state index contributed by atoms with van der Waals surface area (Å²) in [7, 11) is 0. The lowest BCUT2D eigenvalue weighted by Crippen LogP contribution is -2.29. The van der Waals surface area contributed by atoms with Gasteiger partial charge in [-0.15, -0.1) is 0 Å². The van der Waals surface area contributed by atoms with Crippen LogP contribution in [0, 0.1) is 6.92 Å². The lowest BCUT2D eigenvalue weighted by Gasteiger charge is -2.24. The van der Waals surface area contributed by atoms with E-state index in [2.05, 4.69) is 22.1 Å². The van der Waals surface area contributed by atoms with Crippen LogP contribution < -0.4 is 5.32 Å². The summed E-state index contributed by atoms with van der Waals surface area (Å²) in [5.41, 5.74) is 2.95. The smallest absolute Gasteiger partial charge is 0.170 e. The zero-order chi connectivity index (χ0) is 19.0. The minimum atomic E-state index is -0.0562. The molecule has 1 aromatic carbocycles. The highest BCUT2D eigenvalue weighted by Gasteiger charge is 2.40. The van der Waals surface area contributed by atoms with Crippen molar-refractivity contribution in [2.24, 2.45) is 0 Å². The molecule has 3 aromatic rings. The number of aromatic nitrogens is 1. The van der Waals surface area contributed by atoms with Crippen LogP contribution in [0.1, 0.15) is 36.0 Å². The number of halogens is 1. The van der Waals surface area contributed by atoms with Crippen molar-refractivity contribution in [2.75, 3.05) is 6.54 Å². The first-order valence-corrected chi connectivity index (χ1v) is 9.71. The molecule has 0 unspecified atom stereocenters. The first-order valence-electron chi connectivity index (χ1n) is 8.93. The Labute approximate surface area is 169 Å². The lowest BCUT2D eigenvalue weighted by molar-refractivity contribution is 0.284. The quantitative estimate of drug-likeness (QED) is 0.605. The van der Waals surface area contributed by atoms with Gasteiger partial charge in [0.2, 0.25) is 0 Å². The zero-order valence-corrected chi connectivity index (χ0v) is 16.7. The molecule has 0 radical (unpaired) electrons. The molecule has 2 aromatic heterocycles. The zero-order valence-electron chi connectivity index (χ0n) is 15.1. The van der Waals surface area contributed by atoms with E-state index in [-0.39, 0.29) is 12.1 Å². The van der Waals surface area contributed by atoms with Crippen LogP contribution in [0.3, 0.4) is 0 Å². The molecule has 0 aliphatic carbocycles. The second-order valence-corrected chi connectivity index (χ2v) is 7.37. The average molecular weight is 398 g/mol. The van der Waals surface area contributed by atoms with Crippen LogP contribution in [0.25, 0.3) is 11.3 Å². The SMILES string of the molecule is CCN1C(=S)N[C@H](c2ccccn2)[C@H]1c1ccc(-c2ccc(C)c(Cl)c2)o1. The van der Waals surface area contributed by atoms with E-state index in [1.807, 2.05) is 55.5 Å². The van der Waals surface area contributed by atoms with Gasteiger partial charge in [0.05, 0.1) is 11.7 Å². The number of thiocarbonyl (C=S) groups is 1. The molecule has 2 atom stereocenters. The van der Waals surface area contributed by atoms with Gasteiger partial charge in [0, 0.05) is 23.3 Å². The van der Waals surface area contributed by atoms with Crippen molar-refractivity contribution >= 4 is 28.9 Å². The Kier molecular flexibility index (Phi) is 4.89. The highest BCUT2D eigenvalue weighted by atomic mass is 35.5. The summed E-state index contributed by atoms with van der Waals surface area (Å²) in [5, 5.41) is 4.85. The number of hydrogen-bond acceptors (Lipinski definition) is 3. The molecule has 138 valence electrons. The molecule has 27 heavy (non-hydrogen) atoms. The van der Waals surface area contributed by atoms with E-state index in [0.29, 0.717) is 0 Å². The molecule has 0 saturated carbocycles. The first-order chi connectivity index (χ1) is 13.1. The molecule has 1 aliphatic rings. The van der Waals surface area contributed by atoms with Crippen molar-refractivity contribution in [1.29, 1.82) is 0 Å². The highest BCUT2D eigenvalue weighted by Crippen LogP contribution is 2.40. The Balaban J connectivity index is 1.72. The second-order valence-electron chi connectivity index (χ2n) is 6.58. The maximum atomic E-state index is 6.28. The molecule has 0 amide bonds. The second kappa shape index (κ2) is 7.33. The normalized spacial score (nSPS) is 19.4. The van der Waals surface area contributed by atoms with E-state index in [1.54, 1.807) is 6.20 Å². The molecule has 1 fully saturated rings. The number of aryl methyl sites for hydroxylation is 1. The summed E-state index contributed by atoms with van der Waals surface area (Å²) in [6.07, 6.45) is 1.80. The Hall–Kier alpha value is -2.37. The fraction of sp³-hybridized carbons (Fsp3) is 0.238. The fourth-order valence-electron chi connectivity index (χ4n) is 3.47. The molecule has 1 aliphatic heterocycles. The summed E-state index contributed by atoms with van der Waals surface area (Å²) in [6.45, 7) is 4.86. The topological polar surface area (TPSA) is 41.3 Å². The largest absolute Gasteiger partial charge is 0.459 e. The van der Waals surface area contributed by atoms with Crippen LogP contribution in [0.15, 0.2) is 59.1 Å². The van der Waals surface area contributed by atoms with Gasteiger partial charge in [0.25, 0.3) is 0 Å². The summed E-state index contributed by atoms with van der Waals surface area (Å²) < 4.78 is 6.25.